The molecule has 0 radical (unpaired) electrons. The Hall–Kier alpha value is -6.12. The van der Waals surface area contributed by atoms with Crippen molar-refractivity contribution in [2.24, 2.45) is 0 Å². The molecule has 23 nitrogen and oxygen atoms in total. The standard InChI is InChI=1S/C60H91Cl2N11O12/c1-7-11-45(40-68-57(76)44-19-24-50(63)49(61)39-44)72(3,4)27-9-13-42-15-20-47(21-16-42)84-37-35-82-33-31-80-29-25-66-59(78)52(74)53(75)60(79)67-26-30-81-32-34-83-36-38-85-48-22-17-43(18-23-48)14-10-28-73(5,6)46(12-8-2)41-69-58(77)51-55(64)71-56(65)54(62)70-51/h15-24,39,45-46,52-53H,7-14,25-38,40-41,63H2,1-6H3,(H,66,78)(H,67,79)(H,68,76)(H,69,77)(H4,64,65,71)/t45-,46-,52?,53?/m0/s1. The zero-order chi connectivity index (χ0) is 62.2. The molecular weight excluding hydrogens is 1140 g/mol. The minimum absolute atomic E-state index is 0.0230. The lowest BCUT2D eigenvalue weighted by molar-refractivity contribution is -0.914. The number of amides is 4. The first-order valence-electron chi connectivity index (χ1n) is 29.1. The van der Waals surface area contributed by atoms with E-state index in [9.17, 15) is 29.4 Å². The van der Waals surface area contributed by atoms with Gasteiger partial charge in [0.1, 0.15) is 36.8 Å². The molecule has 85 heavy (non-hydrogen) atoms. The van der Waals surface area contributed by atoms with Crippen LogP contribution in [0.5, 0.6) is 11.5 Å². The van der Waals surface area contributed by atoms with Gasteiger partial charge in [-0.15, -0.1) is 0 Å². The molecule has 472 valence electrons. The van der Waals surface area contributed by atoms with E-state index in [0.29, 0.717) is 66.0 Å². The summed E-state index contributed by atoms with van der Waals surface area (Å²) in [6.07, 6.45) is 2.87. The van der Waals surface area contributed by atoms with Gasteiger partial charge in [0.25, 0.3) is 11.8 Å². The number of benzene rings is 3. The van der Waals surface area contributed by atoms with Crippen LogP contribution in [0.3, 0.4) is 0 Å². The second kappa shape index (κ2) is 38.1. The molecule has 4 amide bonds. The maximum absolute atomic E-state index is 12.9. The van der Waals surface area contributed by atoms with Gasteiger partial charge < -0.3 is 86.1 Å². The van der Waals surface area contributed by atoms with Gasteiger partial charge in [-0.05, 0) is 78.6 Å². The first-order valence-corrected chi connectivity index (χ1v) is 29.9. The Morgan fingerprint density at radius 3 is 1.41 bits per heavy atom. The highest BCUT2D eigenvalue weighted by Gasteiger charge is 2.30. The van der Waals surface area contributed by atoms with Gasteiger partial charge in [0.2, 0.25) is 11.8 Å². The number of nitrogen functional groups attached to an aromatic ring is 3. The van der Waals surface area contributed by atoms with E-state index in [1.165, 1.54) is 11.1 Å². The van der Waals surface area contributed by atoms with Crippen LogP contribution >= 0.6 is 23.2 Å². The van der Waals surface area contributed by atoms with E-state index in [1.54, 1.807) is 18.2 Å². The molecule has 1 aromatic heterocycles. The van der Waals surface area contributed by atoms with Gasteiger partial charge >= 0.3 is 0 Å². The molecule has 0 aliphatic carbocycles. The zero-order valence-corrected chi connectivity index (χ0v) is 51.8. The summed E-state index contributed by atoms with van der Waals surface area (Å²) in [5.74, 6) is -1.46. The van der Waals surface area contributed by atoms with Gasteiger partial charge in [0, 0.05) is 44.3 Å². The number of rotatable bonds is 43. The third kappa shape index (κ3) is 26.2. The van der Waals surface area contributed by atoms with Crippen LogP contribution in [0.25, 0.3) is 0 Å². The number of carbonyl (C=O) groups is 4. The third-order valence-electron chi connectivity index (χ3n) is 14.5. The van der Waals surface area contributed by atoms with Crippen LogP contribution in [-0.2, 0) is 41.4 Å². The van der Waals surface area contributed by atoms with Gasteiger partial charge in [-0.3, -0.25) is 19.2 Å². The highest BCUT2D eigenvalue weighted by atomic mass is 35.5. The van der Waals surface area contributed by atoms with Gasteiger partial charge in [-0.2, -0.15) is 0 Å². The molecule has 4 rings (SSSR count). The van der Waals surface area contributed by atoms with Crippen molar-refractivity contribution in [3.05, 3.63) is 99.3 Å². The van der Waals surface area contributed by atoms with E-state index in [0.717, 1.165) is 74.7 Å². The van der Waals surface area contributed by atoms with Gasteiger partial charge in [-0.1, -0.05) is 74.2 Å². The second-order valence-electron chi connectivity index (χ2n) is 21.7. The summed E-state index contributed by atoms with van der Waals surface area (Å²) in [4.78, 5) is 58.1. The van der Waals surface area contributed by atoms with Crippen molar-refractivity contribution in [2.45, 2.75) is 89.5 Å². The van der Waals surface area contributed by atoms with E-state index in [4.69, 9.17) is 68.8 Å². The summed E-state index contributed by atoms with van der Waals surface area (Å²) >= 11 is 12.1. The fourth-order valence-corrected chi connectivity index (χ4v) is 9.56. The topological polar surface area (TPSA) is 322 Å². The van der Waals surface area contributed by atoms with Gasteiger partial charge in [0.15, 0.2) is 22.5 Å². The lowest BCUT2D eigenvalue weighted by Gasteiger charge is -2.38. The summed E-state index contributed by atoms with van der Waals surface area (Å²) in [7, 11) is 8.75. The molecule has 4 aromatic rings. The first kappa shape index (κ1) is 71.4. The fraction of sp³-hybridized carbons (Fsp3) is 0.567. The van der Waals surface area contributed by atoms with Crippen LogP contribution in [0, 0.1) is 0 Å². The Labute approximate surface area is 511 Å². The quantitative estimate of drug-likeness (QED) is 0.0190. The van der Waals surface area contributed by atoms with Crippen LogP contribution in [0.2, 0.25) is 10.2 Å². The molecule has 4 atom stereocenters. The molecule has 10 N–H and O–H groups in total. The Kier molecular flexibility index (Phi) is 32.0. The zero-order valence-electron chi connectivity index (χ0n) is 50.3. The van der Waals surface area contributed by atoms with Crippen LogP contribution in [-0.4, -0.2) is 200 Å². The molecule has 3 aromatic carbocycles. The number of nitrogens with two attached hydrogens (primary N) is 3. The van der Waals surface area contributed by atoms with Crippen LogP contribution in [0.4, 0.5) is 17.3 Å². The van der Waals surface area contributed by atoms with Gasteiger partial charge in [-0.25, -0.2) is 9.97 Å². The number of aryl methyl sites for hydroxylation is 2. The molecule has 2 unspecified atom stereocenters. The van der Waals surface area contributed by atoms with Crippen molar-refractivity contribution in [1.29, 1.82) is 0 Å². The van der Waals surface area contributed by atoms with E-state index >= 15 is 0 Å². The number of carbonyl (C=O) groups excluding carboxylic acids is 4. The highest BCUT2D eigenvalue weighted by Crippen LogP contribution is 2.23. The van der Waals surface area contributed by atoms with Crippen molar-refractivity contribution in [1.82, 2.24) is 31.2 Å². The molecule has 0 bridgehead atoms. The molecular formula is C60H91Cl2N11O12. The van der Waals surface area contributed by atoms with Crippen molar-refractivity contribution in [3.63, 3.8) is 0 Å². The number of nitrogens with one attached hydrogen (secondary N) is 4. The molecule has 0 saturated heterocycles. The Bertz CT molecular complexity index is 2640. The van der Waals surface area contributed by atoms with E-state index in [-0.39, 0.29) is 93.2 Å². The number of halogens is 2. The molecule has 1 heterocycles. The average Bonchev–Trinajstić information content (AvgIpc) is 3.69. The maximum atomic E-state index is 12.9. The lowest BCUT2D eigenvalue weighted by Crippen LogP contribution is -2.61. The van der Waals surface area contributed by atoms with Crippen molar-refractivity contribution in [2.75, 3.05) is 151 Å². The Morgan fingerprint density at radius 2 is 0.976 bits per heavy atom. The number of quaternary nitrogens is 2. The molecule has 0 spiro atoms. The molecule has 0 saturated carbocycles. The molecule has 0 aliphatic rings. The van der Waals surface area contributed by atoms with Crippen molar-refractivity contribution in [3.8, 4) is 11.5 Å². The van der Waals surface area contributed by atoms with E-state index in [2.05, 4.69) is 85.4 Å². The van der Waals surface area contributed by atoms with E-state index in [1.807, 2.05) is 36.4 Å². The lowest BCUT2D eigenvalue weighted by atomic mass is 10.1. The number of hydrogen-bond acceptors (Lipinski definition) is 17. The number of ether oxygens (including phenoxy) is 6. The number of nitrogens with zero attached hydrogens (tertiary/aromatic N) is 4. The summed E-state index contributed by atoms with van der Waals surface area (Å²) < 4.78 is 35.2. The SMILES string of the molecule is CCC[C@@H](CNC(=O)c1ccc(N)c(Cl)c1)[N+](C)(C)CCCc1ccc(OCCOCCOCCNC(=O)C([O-])C([O-])C(=O)NCCOCCOCCOc2ccc(CCC[N+](C)(C)[C@@H](CCC)CNC(=O)c3nc(Cl)c(N)nc3N)cc2)cc1. The molecule has 25 heteroatoms. The summed E-state index contributed by atoms with van der Waals surface area (Å²) in [6, 6.07) is 21.3. The minimum Gasteiger partial charge on any atom is -0.845 e. The number of anilines is 3. The Balaban J connectivity index is 0.946. The predicted octanol–water partition coefficient (Wildman–Crippen LogP) is 2.96. The molecule has 0 aliphatic heterocycles. The molecule has 0 fully saturated rings. The summed E-state index contributed by atoms with van der Waals surface area (Å²) in [5.41, 5.74) is 20.6. The monoisotopic (exact) mass is 1230 g/mol. The van der Waals surface area contributed by atoms with Crippen LogP contribution < -0.4 is 58.2 Å². The fourth-order valence-electron chi connectivity index (χ4n) is 9.25. The van der Waals surface area contributed by atoms with Crippen molar-refractivity contribution < 1.29 is 66.8 Å². The number of aromatic nitrogens is 2. The predicted molar refractivity (Wildman–Crippen MR) is 325 cm³/mol. The van der Waals surface area contributed by atoms with Crippen molar-refractivity contribution >= 4 is 64.2 Å². The summed E-state index contributed by atoms with van der Waals surface area (Å²) in [5, 5.41) is 35.7. The average molecular weight is 1230 g/mol. The van der Waals surface area contributed by atoms with Gasteiger partial charge in [0.05, 0.1) is 118 Å². The maximum Gasteiger partial charge on any atom is 0.274 e. The largest absolute Gasteiger partial charge is 0.845 e. The third-order valence-corrected chi connectivity index (χ3v) is 15.1. The van der Waals surface area contributed by atoms with E-state index < -0.39 is 29.9 Å². The Morgan fingerprint density at radius 1 is 0.553 bits per heavy atom. The number of hydrogen-bond donors (Lipinski definition) is 7. The smallest absolute Gasteiger partial charge is 0.274 e. The highest BCUT2D eigenvalue weighted by molar-refractivity contribution is 6.33. The number of likely N-dealkylation sites (N-methyl/N-ethyl adjacent to an activating group) is 2. The van der Waals surface area contributed by atoms with Crippen LogP contribution in [0.15, 0.2) is 66.7 Å². The first-order chi connectivity index (χ1) is 40.6. The summed E-state index contributed by atoms with van der Waals surface area (Å²) in [6.45, 7) is 9.51. The minimum atomic E-state index is -2.34. The second-order valence-corrected chi connectivity index (χ2v) is 22.5. The van der Waals surface area contributed by atoms with Crippen LogP contribution in [0.1, 0.15) is 84.3 Å². The normalized spacial score (nSPS) is 13.1.